The average molecular weight is 424 g/mol. The minimum atomic E-state index is -2.97. The second-order valence-electron chi connectivity index (χ2n) is 5.98. The van der Waals surface area contributed by atoms with E-state index in [1.54, 1.807) is 18.2 Å². The number of benzene rings is 1. The Balaban J connectivity index is 1.86. The molecule has 0 amide bonds. The van der Waals surface area contributed by atoms with Gasteiger partial charge in [0.1, 0.15) is 23.5 Å². The maximum atomic E-state index is 11.5. The van der Waals surface area contributed by atoms with Crippen LogP contribution in [0.5, 0.6) is 5.75 Å². The van der Waals surface area contributed by atoms with Crippen molar-refractivity contribution in [1.82, 2.24) is 10.6 Å². The number of nitrogens with zero attached hydrogens (tertiary/aromatic N) is 1. The third-order valence-corrected chi connectivity index (χ3v) is 6.29. The number of hydrogen-bond acceptors (Lipinski definition) is 5. The first-order valence-corrected chi connectivity index (χ1v) is 10.9. The van der Waals surface area contributed by atoms with Gasteiger partial charge in [0.05, 0.1) is 23.1 Å². The van der Waals surface area contributed by atoms with E-state index >= 15 is 0 Å². The molecule has 2 rings (SSSR count). The Morgan fingerprint density at radius 2 is 2.23 bits per heavy atom. The molecule has 1 saturated heterocycles. The summed E-state index contributed by atoms with van der Waals surface area (Å²) in [5, 5.41) is 16.9. The third kappa shape index (κ3) is 6.50. The van der Waals surface area contributed by atoms with Crippen molar-refractivity contribution in [1.29, 1.82) is 0 Å². The number of aliphatic imine (C=N–C) groups is 1. The molecule has 146 valence electrons. The van der Waals surface area contributed by atoms with Crippen molar-refractivity contribution in [2.24, 2.45) is 4.99 Å². The molecule has 1 aliphatic rings. The Hall–Kier alpha value is -1.22. The van der Waals surface area contributed by atoms with Crippen LogP contribution in [0.4, 0.5) is 0 Å². The summed E-state index contributed by atoms with van der Waals surface area (Å²) in [6.07, 6.45) is -0.307. The van der Waals surface area contributed by atoms with E-state index in [2.05, 4.69) is 15.6 Å². The van der Waals surface area contributed by atoms with Crippen molar-refractivity contribution in [3.63, 3.8) is 0 Å². The zero-order valence-electron chi connectivity index (χ0n) is 14.4. The van der Waals surface area contributed by atoms with E-state index in [1.165, 1.54) is 0 Å². The quantitative estimate of drug-likeness (QED) is 0.453. The van der Waals surface area contributed by atoms with Crippen molar-refractivity contribution in [2.75, 3.05) is 31.2 Å². The lowest BCUT2D eigenvalue weighted by atomic mass is 10.3. The summed E-state index contributed by atoms with van der Waals surface area (Å²) in [5.41, 5.74) is 0. The second-order valence-corrected chi connectivity index (χ2v) is 8.99. The maximum absolute atomic E-state index is 11.5. The number of aliphatic hydroxyl groups is 1. The SMILES string of the molecule is CCNC(=NCC(O)COc1cccc(Cl)c1Cl)NC1CCS(=O)(=O)C1. The predicted octanol–water partition coefficient (Wildman–Crippen LogP) is 1.48. The number of sulfone groups is 1. The van der Waals surface area contributed by atoms with Gasteiger partial charge in [-0.2, -0.15) is 0 Å². The van der Waals surface area contributed by atoms with Crippen molar-refractivity contribution in [2.45, 2.75) is 25.5 Å². The van der Waals surface area contributed by atoms with E-state index in [4.69, 9.17) is 27.9 Å². The summed E-state index contributed by atoms with van der Waals surface area (Å²) in [5.74, 6) is 1.13. The zero-order valence-corrected chi connectivity index (χ0v) is 16.7. The zero-order chi connectivity index (χ0) is 19.2. The fourth-order valence-corrected chi connectivity index (χ4v) is 4.47. The van der Waals surface area contributed by atoms with Gasteiger partial charge in [0.2, 0.25) is 0 Å². The largest absolute Gasteiger partial charge is 0.489 e. The van der Waals surface area contributed by atoms with E-state index in [-0.39, 0.29) is 30.7 Å². The number of nitrogens with one attached hydrogen (secondary N) is 2. The van der Waals surface area contributed by atoms with Crippen molar-refractivity contribution >= 4 is 39.0 Å². The molecule has 1 aromatic rings. The molecular weight excluding hydrogens is 401 g/mol. The molecule has 2 unspecified atom stereocenters. The summed E-state index contributed by atoms with van der Waals surface area (Å²) < 4.78 is 28.6. The Kier molecular flexibility index (Phi) is 7.82. The van der Waals surface area contributed by atoms with Gasteiger partial charge in [0.15, 0.2) is 15.8 Å². The molecule has 0 spiro atoms. The highest BCUT2D eigenvalue weighted by molar-refractivity contribution is 7.91. The van der Waals surface area contributed by atoms with Crippen LogP contribution in [0, 0.1) is 0 Å². The highest BCUT2D eigenvalue weighted by Gasteiger charge is 2.28. The molecule has 10 heteroatoms. The molecule has 1 fully saturated rings. The van der Waals surface area contributed by atoms with Crippen molar-refractivity contribution < 1.29 is 18.3 Å². The molecule has 0 aromatic heterocycles. The lowest BCUT2D eigenvalue weighted by Gasteiger charge is -2.17. The lowest BCUT2D eigenvalue weighted by molar-refractivity contribution is 0.114. The van der Waals surface area contributed by atoms with Crippen LogP contribution in [0.3, 0.4) is 0 Å². The molecule has 1 heterocycles. The number of rotatable bonds is 7. The normalized spacial score (nSPS) is 20.6. The van der Waals surface area contributed by atoms with Gasteiger partial charge >= 0.3 is 0 Å². The Morgan fingerprint density at radius 1 is 1.46 bits per heavy atom. The standard InChI is InChI=1S/C16H23Cl2N3O4S/c1-2-19-16(21-11-6-7-26(23,24)10-11)20-8-12(22)9-25-14-5-3-4-13(17)15(14)18/h3-5,11-12,22H,2,6-10H2,1H3,(H2,19,20,21). The minimum Gasteiger partial charge on any atom is -0.489 e. The van der Waals surface area contributed by atoms with Gasteiger partial charge in [-0.1, -0.05) is 29.3 Å². The molecule has 0 bridgehead atoms. The van der Waals surface area contributed by atoms with Gasteiger partial charge in [-0.25, -0.2) is 8.42 Å². The topological polar surface area (TPSA) is 100 Å². The van der Waals surface area contributed by atoms with Gasteiger partial charge in [-0.15, -0.1) is 0 Å². The van der Waals surface area contributed by atoms with Gasteiger partial charge < -0.3 is 20.5 Å². The molecule has 3 N–H and O–H groups in total. The molecule has 26 heavy (non-hydrogen) atoms. The molecule has 7 nitrogen and oxygen atoms in total. The minimum absolute atomic E-state index is 0.000769. The summed E-state index contributed by atoms with van der Waals surface area (Å²) in [6.45, 7) is 2.62. The number of ether oxygens (including phenoxy) is 1. The fraction of sp³-hybridized carbons (Fsp3) is 0.562. The smallest absolute Gasteiger partial charge is 0.191 e. The Labute approximate surface area is 163 Å². The van der Waals surface area contributed by atoms with Crippen LogP contribution < -0.4 is 15.4 Å². The van der Waals surface area contributed by atoms with Gasteiger partial charge in [-0.05, 0) is 25.5 Å². The highest BCUT2D eigenvalue weighted by Crippen LogP contribution is 2.31. The van der Waals surface area contributed by atoms with E-state index in [1.807, 2.05) is 6.92 Å². The summed E-state index contributed by atoms with van der Waals surface area (Å²) in [6, 6.07) is 4.85. The predicted molar refractivity (Wildman–Crippen MR) is 104 cm³/mol. The molecule has 2 atom stereocenters. The number of aliphatic hydroxyl groups excluding tert-OH is 1. The van der Waals surface area contributed by atoms with Crippen molar-refractivity contribution in [3.8, 4) is 5.75 Å². The Morgan fingerprint density at radius 3 is 2.88 bits per heavy atom. The number of halogens is 2. The fourth-order valence-electron chi connectivity index (χ4n) is 2.45. The molecule has 0 saturated carbocycles. The summed E-state index contributed by atoms with van der Waals surface area (Å²) in [7, 11) is -2.97. The van der Waals surface area contributed by atoms with Crippen LogP contribution in [0.15, 0.2) is 23.2 Å². The van der Waals surface area contributed by atoms with E-state index in [9.17, 15) is 13.5 Å². The molecule has 1 aliphatic heterocycles. The summed E-state index contributed by atoms with van der Waals surface area (Å²) in [4.78, 5) is 4.29. The molecule has 1 aromatic carbocycles. The van der Waals surface area contributed by atoms with Crippen molar-refractivity contribution in [3.05, 3.63) is 28.2 Å². The Bertz CT molecular complexity index is 743. The highest BCUT2D eigenvalue weighted by atomic mass is 35.5. The van der Waals surface area contributed by atoms with Crippen LogP contribution in [0.2, 0.25) is 10.0 Å². The monoisotopic (exact) mass is 423 g/mol. The van der Waals surface area contributed by atoms with Crippen LogP contribution >= 0.6 is 23.2 Å². The van der Waals surface area contributed by atoms with E-state index < -0.39 is 15.9 Å². The summed E-state index contributed by atoms with van der Waals surface area (Å²) >= 11 is 11.9. The average Bonchev–Trinajstić information content (AvgIpc) is 2.93. The van der Waals surface area contributed by atoms with Crippen LogP contribution in [-0.2, 0) is 9.84 Å². The number of hydrogen-bond donors (Lipinski definition) is 3. The first kappa shape index (κ1) is 21.1. The van der Waals surface area contributed by atoms with Gasteiger partial charge in [0, 0.05) is 12.6 Å². The van der Waals surface area contributed by atoms with Crippen LogP contribution in [0.1, 0.15) is 13.3 Å². The molecule has 0 aliphatic carbocycles. The third-order valence-electron chi connectivity index (χ3n) is 3.73. The van der Waals surface area contributed by atoms with Crippen LogP contribution in [0.25, 0.3) is 0 Å². The first-order chi connectivity index (χ1) is 12.3. The second kappa shape index (κ2) is 9.64. The lowest BCUT2D eigenvalue weighted by Crippen LogP contribution is -2.44. The molecule has 0 radical (unpaired) electrons. The molecular formula is C16H23Cl2N3O4S. The number of guanidine groups is 1. The van der Waals surface area contributed by atoms with E-state index in [0.717, 1.165) is 0 Å². The first-order valence-electron chi connectivity index (χ1n) is 8.31. The van der Waals surface area contributed by atoms with Gasteiger partial charge in [-0.3, -0.25) is 4.99 Å². The van der Waals surface area contributed by atoms with Gasteiger partial charge in [0.25, 0.3) is 0 Å². The van der Waals surface area contributed by atoms with E-state index in [0.29, 0.717) is 34.7 Å². The van der Waals surface area contributed by atoms with Crippen LogP contribution in [-0.4, -0.2) is 62.8 Å². The maximum Gasteiger partial charge on any atom is 0.191 e.